The lowest BCUT2D eigenvalue weighted by Gasteiger charge is -2.41. The van der Waals surface area contributed by atoms with Crippen molar-refractivity contribution in [1.29, 1.82) is 0 Å². The number of furan rings is 1. The average molecular weight is 921 g/mol. The Morgan fingerprint density at radius 1 is 0.556 bits per heavy atom. The van der Waals surface area contributed by atoms with E-state index in [0.29, 0.717) is 5.92 Å². The molecule has 3 atom stereocenters. The van der Waals surface area contributed by atoms with Gasteiger partial charge in [-0.15, -0.1) is 0 Å². The van der Waals surface area contributed by atoms with E-state index in [0.717, 1.165) is 30.6 Å². The first-order chi connectivity index (χ1) is 35.6. The predicted molar refractivity (Wildman–Crippen MR) is 299 cm³/mol. The van der Waals surface area contributed by atoms with Gasteiger partial charge in [-0.3, -0.25) is 0 Å². The molecule has 16 rings (SSSR count). The van der Waals surface area contributed by atoms with Gasteiger partial charge in [0.1, 0.15) is 11.3 Å². The van der Waals surface area contributed by atoms with Gasteiger partial charge in [-0.05, 0) is 121 Å². The highest BCUT2D eigenvalue weighted by atomic mass is 16.3. The maximum absolute atomic E-state index is 7.41. The summed E-state index contributed by atoms with van der Waals surface area (Å²) in [6.07, 6.45) is 9.97. The number of hydrogen-bond donors (Lipinski definition) is 0. The van der Waals surface area contributed by atoms with Crippen LogP contribution in [-0.4, -0.2) is 4.57 Å². The van der Waals surface area contributed by atoms with Crippen LogP contribution in [0.3, 0.4) is 0 Å². The Morgan fingerprint density at radius 3 is 2.10 bits per heavy atom. The summed E-state index contributed by atoms with van der Waals surface area (Å²) >= 11 is 0. The van der Waals surface area contributed by atoms with Crippen LogP contribution >= 0.6 is 0 Å². The molecular weight excluding hydrogens is 873 g/mol. The summed E-state index contributed by atoms with van der Waals surface area (Å²) in [7, 11) is 0. The minimum atomic E-state index is -0.550. The Labute approximate surface area is 417 Å². The van der Waals surface area contributed by atoms with Crippen LogP contribution in [0, 0.1) is 5.92 Å². The first-order valence-corrected chi connectivity index (χ1v) is 25.7. The van der Waals surface area contributed by atoms with Crippen LogP contribution in [0.25, 0.3) is 87.5 Å². The lowest BCUT2D eigenvalue weighted by atomic mass is 9.66. The molecule has 0 amide bonds. The summed E-state index contributed by atoms with van der Waals surface area (Å²) in [5.41, 5.74) is 18.5. The molecule has 0 fully saturated rings. The topological polar surface area (TPSA) is 21.3 Å². The van der Waals surface area contributed by atoms with Gasteiger partial charge in [0.05, 0.1) is 28.2 Å². The van der Waals surface area contributed by atoms with Gasteiger partial charge in [-0.1, -0.05) is 195 Å². The van der Waals surface area contributed by atoms with Gasteiger partial charge in [0, 0.05) is 50.5 Å². The number of fused-ring (bicyclic) bond motifs is 21. The highest BCUT2D eigenvalue weighted by Gasteiger charge is 2.56. The number of rotatable bonds is 4. The predicted octanol–water partition coefficient (Wildman–Crippen LogP) is 17.9. The average Bonchev–Trinajstić information content (AvgIpc) is 4.11. The maximum atomic E-state index is 7.41. The zero-order valence-corrected chi connectivity index (χ0v) is 39.9. The minimum absolute atomic E-state index is 0.0944. The third-order valence-electron chi connectivity index (χ3n) is 16.9. The van der Waals surface area contributed by atoms with E-state index in [9.17, 15) is 0 Å². The molecule has 0 saturated heterocycles. The molecule has 1 spiro atoms. The minimum Gasteiger partial charge on any atom is -0.456 e. The summed E-state index contributed by atoms with van der Waals surface area (Å²) in [5.74, 6) is 1.45. The van der Waals surface area contributed by atoms with Gasteiger partial charge >= 0.3 is 0 Å². The molecule has 0 aliphatic heterocycles. The van der Waals surface area contributed by atoms with Gasteiger partial charge in [-0.2, -0.15) is 0 Å². The molecule has 12 aromatic rings. The van der Waals surface area contributed by atoms with Crippen molar-refractivity contribution in [3.8, 4) is 16.8 Å². The third-order valence-corrected chi connectivity index (χ3v) is 16.9. The zero-order chi connectivity index (χ0) is 47.2. The van der Waals surface area contributed by atoms with Crippen LogP contribution in [0.4, 0.5) is 5.69 Å². The Kier molecular flexibility index (Phi) is 8.32. The summed E-state index contributed by atoms with van der Waals surface area (Å²) in [6, 6.07) is 77.4. The number of allylic oxidation sites excluding steroid dienone is 3. The van der Waals surface area contributed by atoms with E-state index in [1.807, 2.05) is 0 Å². The van der Waals surface area contributed by atoms with E-state index in [4.69, 9.17) is 4.42 Å². The Morgan fingerprint density at radius 2 is 1.22 bits per heavy atom. The van der Waals surface area contributed by atoms with Gasteiger partial charge in [0.25, 0.3) is 0 Å². The zero-order valence-electron chi connectivity index (χ0n) is 39.9. The molecule has 340 valence electrons. The largest absolute Gasteiger partial charge is 0.456 e. The highest BCUT2D eigenvalue weighted by molar-refractivity contribution is 6.18. The van der Waals surface area contributed by atoms with E-state index in [1.54, 1.807) is 0 Å². The molecule has 4 aliphatic rings. The number of para-hydroxylation sites is 2. The number of nitrogens with zero attached hydrogens (tertiary/aromatic N) is 2. The molecule has 2 heterocycles. The molecule has 3 nitrogen and oxygen atoms in total. The smallest absolute Gasteiger partial charge is 0.141 e. The molecule has 0 saturated carbocycles. The van der Waals surface area contributed by atoms with Crippen molar-refractivity contribution in [3.05, 3.63) is 269 Å². The lowest BCUT2D eigenvalue weighted by Crippen LogP contribution is -2.35. The second-order valence-electron chi connectivity index (χ2n) is 20.6. The fourth-order valence-corrected chi connectivity index (χ4v) is 14.1. The van der Waals surface area contributed by atoms with Crippen molar-refractivity contribution in [2.75, 3.05) is 4.90 Å². The van der Waals surface area contributed by atoms with Crippen molar-refractivity contribution in [2.24, 2.45) is 5.92 Å². The quantitative estimate of drug-likeness (QED) is 0.130. The number of anilines is 1. The molecule has 2 aromatic heterocycles. The number of aromatic nitrogens is 1. The Bertz CT molecular complexity index is 4420. The van der Waals surface area contributed by atoms with Crippen molar-refractivity contribution < 1.29 is 4.42 Å². The van der Waals surface area contributed by atoms with E-state index < -0.39 is 5.41 Å². The first kappa shape index (κ1) is 40.1. The first-order valence-electron chi connectivity index (χ1n) is 25.7. The van der Waals surface area contributed by atoms with E-state index in [1.165, 1.54) is 127 Å². The van der Waals surface area contributed by atoms with Crippen LogP contribution < -0.4 is 4.90 Å². The van der Waals surface area contributed by atoms with E-state index >= 15 is 0 Å². The van der Waals surface area contributed by atoms with Crippen LogP contribution in [0.1, 0.15) is 65.8 Å². The molecule has 4 aliphatic carbocycles. The Hall–Kier alpha value is -8.66. The van der Waals surface area contributed by atoms with Crippen LogP contribution in [0.15, 0.2) is 240 Å². The fourth-order valence-electron chi connectivity index (χ4n) is 14.1. The maximum Gasteiger partial charge on any atom is 0.141 e. The molecule has 0 radical (unpaired) electrons. The standard InChI is InChI=1S/C69H48N2O/c1-42-16-14-20-46(36-32-42)70(47-37-39-61-54(40-47)50-23-8-12-29-60(50)71(61)59-30-15-19-43-17-2-4-21-48(43)59)62-41-58-66(68-67(62)53-26-9-13-31-63(53)72-68)52-25-7-11-28-56(52)69(58)55-27-10-6-24-51(55)65-57(69)38-35-45-34-33-44-18-3-5-22-49(44)64(45)65/h2-19,21-31,33-40,42,62H,20,32,41H2,1H3. The van der Waals surface area contributed by atoms with Gasteiger partial charge in [0.15, 0.2) is 0 Å². The third kappa shape index (κ3) is 5.30. The molecule has 72 heavy (non-hydrogen) atoms. The molecule has 10 aromatic carbocycles. The fraction of sp³-hybridized carbons (Fsp3) is 0.101. The van der Waals surface area contributed by atoms with Crippen molar-refractivity contribution in [2.45, 2.75) is 37.6 Å². The van der Waals surface area contributed by atoms with Crippen LogP contribution in [-0.2, 0) is 5.41 Å². The van der Waals surface area contributed by atoms with Crippen molar-refractivity contribution in [1.82, 2.24) is 4.57 Å². The summed E-state index contributed by atoms with van der Waals surface area (Å²) in [5, 5.41) is 11.3. The van der Waals surface area contributed by atoms with Crippen molar-refractivity contribution >= 4 is 76.4 Å². The molecule has 0 bridgehead atoms. The van der Waals surface area contributed by atoms with Gasteiger partial charge in [0.2, 0.25) is 0 Å². The van der Waals surface area contributed by atoms with Gasteiger partial charge < -0.3 is 13.9 Å². The number of hydrogen-bond acceptors (Lipinski definition) is 2. The number of benzene rings is 10. The molecule has 3 heteroatoms. The monoisotopic (exact) mass is 920 g/mol. The SMILES string of the molecule is CC1C=CCC(N(c2ccc3c(c2)c2ccccc2n3-c2cccc3ccccc23)C2CC3=C(c4ccccc4C34c3ccccc3-c3c4ccc4ccc5ccccc5c34)c3oc4ccccc4c32)=CC1. The molecule has 3 unspecified atom stereocenters. The normalized spacial score (nSPS) is 18.8. The van der Waals surface area contributed by atoms with E-state index in [-0.39, 0.29) is 6.04 Å². The summed E-state index contributed by atoms with van der Waals surface area (Å²) < 4.78 is 9.89. The van der Waals surface area contributed by atoms with E-state index in [2.05, 4.69) is 241 Å². The molecule has 0 N–H and O–H groups in total. The van der Waals surface area contributed by atoms with Crippen LogP contribution in [0.5, 0.6) is 0 Å². The second kappa shape index (κ2) is 14.9. The lowest BCUT2D eigenvalue weighted by molar-refractivity contribution is 0.551. The summed E-state index contributed by atoms with van der Waals surface area (Å²) in [4.78, 5) is 2.74. The van der Waals surface area contributed by atoms with Crippen molar-refractivity contribution in [3.63, 3.8) is 0 Å². The highest BCUT2D eigenvalue weighted by Crippen LogP contribution is 2.68. The van der Waals surface area contributed by atoms with Gasteiger partial charge in [-0.25, -0.2) is 0 Å². The second-order valence-corrected chi connectivity index (χ2v) is 20.6. The Balaban J connectivity index is 0.985. The van der Waals surface area contributed by atoms with Crippen LogP contribution in [0.2, 0.25) is 0 Å². The molecular formula is C69H48N2O. The summed E-state index contributed by atoms with van der Waals surface area (Å²) in [6.45, 7) is 2.34.